The number of nitrogens with one attached hydrogen (secondary N) is 1. The number of unbranched alkanes of at least 4 members (excludes halogenated alkanes) is 26. The van der Waals surface area contributed by atoms with Crippen LogP contribution in [0.15, 0.2) is 0 Å². The molecule has 7 nitrogen and oxygen atoms in total. The number of aliphatic hydroxyl groups is 1. The van der Waals surface area contributed by atoms with Gasteiger partial charge in [0.05, 0.1) is 19.8 Å². The van der Waals surface area contributed by atoms with Crippen LogP contribution in [0.5, 0.6) is 0 Å². The number of hydrogen-bond donors (Lipinski definition) is 2. The van der Waals surface area contributed by atoms with Crippen LogP contribution in [0, 0.1) is 0 Å². The topological polar surface area (TPSA) is 88.1 Å². The molecule has 0 saturated carbocycles. The fourth-order valence-corrected chi connectivity index (χ4v) is 7.25. The molecule has 0 spiro atoms. The van der Waals surface area contributed by atoms with E-state index in [0.717, 1.165) is 71.0 Å². The second-order valence-electron chi connectivity index (χ2n) is 16.0. The predicted molar refractivity (Wildman–Crippen MR) is 227 cm³/mol. The molecule has 0 heterocycles. The molecule has 0 aliphatic heterocycles. The highest BCUT2D eigenvalue weighted by molar-refractivity contribution is 5.69. The van der Waals surface area contributed by atoms with Crippen LogP contribution in [-0.2, 0) is 14.3 Å². The van der Waals surface area contributed by atoms with Crippen molar-refractivity contribution in [3.8, 4) is 0 Å². The first kappa shape index (κ1) is 51.7. The minimum absolute atomic E-state index is 0.0221. The van der Waals surface area contributed by atoms with Crippen LogP contribution in [0.1, 0.15) is 239 Å². The van der Waals surface area contributed by atoms with E-state index in [1.807, 2.05) is 0 Å². The first-order valence-electron chi connectivity index (χ1n) is 23.5. The molecule has 0 aromatic rings. The maximum atomic E-state index is 12.6. The van der Waals surface area contributed by atoms with Crippen molar-refractivity contribution < 1.29 is 24.2 Å². The molecule has 2 N–H and O–H groups in total. The van der Waals surface area contributed by atoms with Gasteiger partial charge in [0, 0.05) is 19.0 Å². The van der Waals surface area contributed by atoms with E-state index < -0.39 is 0 Å². The number of esters is 1. The van der Waals surface area contributed by atoms with Crippen molar-refractivity contribution in [3.05, 3.63) is 0 Å². The molecular weight excluding hydrogens is 661 g/mol. The lowest BCUT2D eigenvalue weighted by molar-refractivity contribution is -0.143. The van der Waals surface area contributed by atoms with Crippen LogP contribution in [0.3, 0.4) is 0 Å². The van der Waals surface area contributed by atoms with Gasteiger partial charge in [-0.05, 0) is 58.0 Å². The van der Waals surface area contributed by atoms with Crippen LogP contribution in [0.25, 0.3) is 0 Å². The molecule has 0 aromatic heterocycles. The highest BCUT2D eigenvalue weighted by atomic mass is 16.5. The minimum Gasteiger partial charge on any atom is -0.466 e. The Morgan fingerprint density at radius 1 is 0.472 bits per heavy atom. The molecule has 0 fully saturated rings. The summed E-state index contributed by atoms with van der Waals surface area (Å²) in [5.41, 5.74) is 0. The lowest BCUT2D eigenvalue weighted by Crippen LogP contribution is -2.35. The summed E-state index contributed by atoms with van der Waals surface area (Å²) in [6.07, 6.45) is 40.4. The molecule has 0 aliphatic carbocycles. The molecule has 0 radical (unpaired) electrons. The molecule has 0 rings (SSSR count). The van der Waals surface area contributed by atoms with Gasteiger partial charge >= 0.3 is 12.1 Å². The summed E-state index contributed by atoms with van der Waals surface area (Å²) in [5, 5.41) is 12.7. The van der Waals surface area contributed by atoms with Crippen molar-refractivity contribution in [2.24, 2.45) is 0 Å². The second kappa shape index (κ2) is 43.4. The van der Waals surface area contributed by atoms with Crippen LogP contribution in [-0.4, -0.2) is 67.6 Å². The molecule has 0 bridgehead atoms. The third-order valence-electron chi connectivity index (χ3n) is 10.8. The molecule has 1 amide bonds. The first-order chi connectivity index (χ1) is 26.1. The lowest BCUT2D eigenvalue weighted by Gasteiger charge is -2.21. The third kappa shape index (κ3) is 40.1. The van der Waals surface area contributed by atoms with E-state index in [4.69, 9.17) is 9.47 Å². The monoisotopic (exact) mass is 753 g/mol. The van der Waals surface area contributed by atoms with Gasteiger partial charge in [-0.3, -0.25) is 4.79 Å². The Bertz CT molecular complexity index is 751. The molecule has 53 heavy (non-hydrogen) atoms. The summed E-state index contributed by atoms with van der Waals surface area (Å²) in [6, 6.07) is 0.253. The van der Waals surface area contributed by atoms with Crippen molar-refractivity contribution in [1.82, 2.24) is 10.2 Å². The van der Waals surface area contributed by atoms with Gasteiger partial charge in [-0.1, -0.05) is 188 Å². The smallest absolute Gasteiger partial charge is 0.407 e. The summed E-state index contributed by atoms with van der Waals surface area (Å²) in [7, 11) is 0. The zero-order valence-electron chi connectivity index (χ0n) is 35.9. The Morgan fingerprint density at radius 2 is 0.849 bits per heavy atom. The highest BCUT2D eigenvalue weighted by Gasteiger charge is 2.13. The van der Waals surface area contributed by atoms with E-state index in [9.17, 15) is 14.7 Å². The van der Waals surface area contributed by atoms with Crippen molar-refractivity contribution >= 4 is 12.1 Å². The molecule has 7 heteroatoms. The molecule has 0 aromatic carbocycles. The number of amides is 1. The fourth-order valence-electron chi connectivity index (χ4n) is 7.25. The Morgan fingerprint density at radius 3 is 1.32 bits per heavy atom. The number of aliphatic hydroxyl groups excluding tert-OH is 1. The summed E-state index contributed by atoms with van der Waals surface area (Å²) in [4.78, 5) is 26.9. The van der Waals surface area contributed by atoms with Gasteiger partial charge in [-0.2, -0.15) is 0 Å². The molecule has 1 unspecified atom stereocenters. The molecule has 316 valence electrons. The number of carbonyl (C=O) groups excluding carboxylic acids is 2. The van der Waals surface area contributed by atoms with Crippen LogP contribution in [0.2, 0.25) is 0 Å². The number of ether oxygens (including phenoxy) is 2. The van der Waals surface area contributed by atoms with Gasteiger partial charge in [-0.25, -0.2) is 4.79 Å². The summed E-state index contributed by atoms with van der Waals surface area (Å²) in [5.74, 6) is -0.0221. The van der Waals surface area contributed by atoms with E-state index >= 15 is 0 Å². The van der Waals surface area contributed by atoms with Gasteiger partial charge in [-0.15, -0.1) is 0 Å². The van der Waals surface area contributed by atoms with Gasteiger partial charge in [0.1, 0.15) is 0 Å². The van der Waals surface area contributed by atoms with Crippen LogP contribution in [0.4, 0.5) is 4.79 Å². The Balaban J connectivity index is 3.84. The summed E-state index contributed by atoms with van der Waals surface area (Å²) in [6.45, 7) is 11.0. The number of nitrogens with zero attached hydrogens (tertiary/aromatic N) is 1. The van der Waals surface area contributed by atoms with Crippen molar-refractivity contribution in [1.29, 1.82) is 0 Å². The van der Waals surface area contributed by atoms with E-state index in [0.29, 0.717) is 19.6 Å². The van der Waals surface area contributed by atoms with Gasteiger partial charge < -0.3 is 24.8 Å². The third-order valence-corrected chi connectivity index (χ3v) is 10.8. The lowest BCUT2D eigenvalue weighted by atomic mass is 10.0. The van der Waals surface area contributed by atoms with Crippen molar-refractivity contribution in [2.75, 3.05) is 39.5 Å². The Hall–Kier alpha value is -1.34. The van der Waals surface area contributed by atoms with Gasteiger partial charge in [0.15, 0.2) is 0 Å². The summed E-state index contributed by atoms with van der Waals surface area (Å²) >= 11 is 0. The quantitative estimate of drug-likeness (QED) is 0.0476. The Labute approximate surface area is 330 Å². The Kier molecular flexibility index (Phi) is 42.3. The highest BCUT2D eigenvalue weighted by Crippen LogP contribution is 2.16. The largest absolute Gasteiger partial charge is 0.466 e. The fraction of sp³-hybridized carbons (Fsp3) is 0.957. The van der Waals surface area contributed by atoms with E-state index in [-0.39, 0.29) is 24.7 Å². The average molecular weight is 753 g/mol. The van der Waals surface area contributed by atoms with E-state index in [2.05, 4.69) is 31.0 Å². The zero-order chi connectivity index (χ0) is 38.7. The standard InChI is InChI=1S/C46H92N2O5/c1-4-7-10-13-15-16-17-22-29-36-44(35-28-12-9-6-3)47-46(51)53-43-34-27-21-19-25-32-39-48(40-41-49)38-31-24-18-20-26-33-42-52-45(50)37-30-23-14-11-8-5-2/h44,49H,4-43H2,1-3H3,(H,47,51). The SMILES string of the molecule is CCCCCCCCCCCC(CCCCCC)NC(=O)OCCCCCCCCN(CCO)CCCCCCCCOC(=O)CCCCCCCC. The maximum absolute atomic E-state index is 12.6. The maximum Gasteiger partial charge on any atom is 0.407 e. The second-order valence-corrected chi connectivity index (χ2v) is 16.0. The number of rotatable bonds is 43. The normalized spacial score (nSPS) is 12.0. The van der Waals surface area contributed by atoms with Crippen molar-refractivity contribution in [2.45, 2.75) is 245 Å². The van der Waals surface area contributed by atoms with E-state index in [1.54, 1.807) is 0 Å². The van der Waals surface area contributed by atoms with Crippen LogP contribution < -0.4 is 5.32 Å². The molecule has 0 saturated heterocycles. The average Bonchev–Trinajstić information content (AvgIpc) is 3.15. The minimum atomic E-state index is -0.220. The molecule has 1 atom stereocenters. The summed E-state index contributed by atoms with van der Waals surface area (Å²) < 4.78 is 11.0. The predicted octanol–water partition coefficient (Wildman–Crippen LogP) is 13.2. The molecular formula is C46H92N2O5. The van der Waals surface area contributed by atoms with Gasteiger partial charge in [0.25, 0.3) is 0 Å². The first-order valence-corrected chi connectivity index (χ1v) is 23.5. The number of alkyl carbamates (subject to hydrolysis) is 1. The zero-order valence-corrected chi connectivity index (χ0v) is 35.9. The number of carbonyl (C=O) groups is 2. The molecule has 0 aliphatic rings. The van der Waals surface area contributed by atoms with Gasteiger partial charge in [0.2, 0.25) is 0 Å². The van der Waals surface area contributed by atoms with E-state index in [1.165, 1.54) is 161 Å². The van der Waals surface area contributed by atoms with Crippen LogP contribution >= 0.6 is 0 Å². The van der Waals surface area contributed by atoms with Crippen molar-refractivity contribution in [3.63, 3.8) is 0 Å². The number of hydrogen-bond acceptors (Lipinski definition) is 6.